The fourth-order valence-corrected chi connectivity index (χ4v) is 2.51. The molecule has 0 saturated carbocycles. The van der Waals surface area contributed by atoms with Crippen LogP contribution in [0.5, 0.6) is 0 Å². The minimum Gasteiger partial charge on any atom is -0.396 e. The molecule has 0 fully saturated rings. The highest BCUT2D eigenvalue weighted by Crippen LogP contribution is 2.22. The largest absolute Gasteiger partial charge is 0.396 e. The molecule has 0 aromatic rings. The maximum Gasteiger partial charge on any atom is 0.0569 e. The molecule has 0 rings (SSSR count). The van der Waals surface area contributed by atoms with Gasteiger partial charge in [-0.05, 0) is 31.6 Å². The van der Waals surface area contributed by atoms with Crippen molar-refractivity contribution >= 4 is 0 Å². The van der Waals surface area contributed by atoms with E-state index in [-0.39, 0.29) is 12.7 Å². The highest BCUT2D eigenvalue weighted by molar-refractivity contribution is 4.70. The van der Waals surface area contributed by atoms with Gasteiger partial charge in [-0.1, -0.05) is 58.8 Å². The van der Waals surface area contributed by atoms with E-state index in [1.165, 1.54) is 38.5 Å². The van der Waals surface area contributed by atoms with Gasteiger partial charge in [0, 0.05) is 6.61 Å². The topological polar surface area (TPSA) is 40.5 Å². The van der Waals surface area contributed by atoms with Crippen molar-refractivity contribution in [2.75, 3.05) is 6.61 Å². The Morgan fingerprint density at radius 1 is 0.889 bits per heavy atom. The number of aliphatic hydroxyl groups excluding tert-OH is 2. The van der Waals surface area contributed by atoms with Crippen LogP contribution in [0.2, 0.25) is 0 Å². The van der Waals surface area contributed by atoms with Crippen LogP contribution in [0.4, 0.5) is 0 Å². The highest BCUT2D eigenvalue weighted by atomic mass is 16.3. The Bertz CT molecular complexity index is 159. The first-order valence-corrected chi connectivity index (χ1v) is 7.84. The Morgan fingerprint density at radius 3 is 2.17 bits per heavy atom. The van der Waals surface area contributed by atoms with Gasteiger partial charge in [0.25, 0.3) is 0 Å². The lowest BCUT2D eigenvalue weighted by molar-refractivity contribution is 0.0800. The second-order valence-electron chi connectivity index (χ2n) is 5.39. The number of aliphatic hydroxyl groups is 2. The van der Waals surface area contributed by atoms with E-state index in [0.29, 0.717) is 12.3 Å². The Morgan fingerprint density at radius 2 is 1.56 bits per heavy atom. The van der Waals surface area contributed by atoms with E-state index < -0.39 is 0 Å². The number of unbranched alkanes of at least 4 members (excludes halogenated alkanes) is 5. The zero-order valence-electron chi connectivity index (χ0n) is 12.2. The fourth-order valence-electron chi connectivity index (χ4n) is 2.51. The molecule has 1 radical (unpaired) electrons. The van der Waals surface area contributed by atoms with Crippen LogP contribution in [0.25, 0.3) is 0 Å². The number of rotatable bonds is 13. The minimum atomic E-state index is -0.241. The van der Waals surface area contributed by atoms with E-state index in [4.69, 9.17) is 5.11 Å². The summed E-state index contributed by atoms with van der Waals surface area (Å²) in [6, 6.07) is 0. The molecule has 2 N–H and O–H groups in total. The van der Waals surface area contributed by atoms with Gasteiger partial charge in [0.05, 0.1) is 6.10 Å². The van der Waals surface area contributed by atoms with E-state index in [0.717, 1.165) is 25.7 Å². The van der Waals surface area contributed by atoms with Crippen molar-refractivity contribution in [1.82, 2.24) is 0 Å². The van der Waals surface area contributed by atoms with Gasteiger partial charge in [-0.25, -0.2) is 0 Å². The van der Waals surface area contributed by atoms with Crippen molar-refractivity contribution in [2.45, 2.75) is 83.7 Å². The van der Waals surface area contributed by atoms with Gasteiger partial charge >= 0.3 is 0 Å². The van der Waals surface area contributed by atoms with Gasteiger partial charge in [-0.3, -0.25) is 0 Å². The molecule has 0 saturated heterocycles. The van der Waals surface area contributed by atoms with Gasteiger partial charge in [0.1, 0.15) is 0 Å². The Hall–Kier alpha value is -0.0800. The summed E-state index contributed by atoms with van der Waals surface area (Å²) in [7, 11) is 0. The minimum absolute atomic E-state index is 0.186. The number of hydrogen-bond acceptors (Lipinski definition) is 2. The molecular weight excluding hydrogens is 224 g/mol. The molecular formula is C16H33O2. The van der Waals surface area contributed by atoms with Crippen LogP contribution < -0.4 is 0 Å². The van der Waals surface area contributed by atoms with Crippen molar-refractivity contribution in [2.24, 2.45) is 5.92 Å². The molecule has 0 spiro atoms. The Balaban J connectivity index is 3.67. The second-order valence-corrected chi connectivity index (χ2v) is 5.39. The van der Waals surface area contributed by atoms with Crippen LogP contribution in [0, 0.1) is 12.8 Å². The first-order chi connectivity index (χ1) is 8.76. The molecule has 2 unspecified atom stereocenters. The van der Waals surface area contributed by atoms with Crippen molar-refractivity contribution in [3.05, 3.63) is 6.92 Å². The van der Waals surface area contributed by atoms with E-state index in [1.807, 2.05) is 0 Å². The van der Waals surface area contributed by atoms with Crippen molar-refractivity contribution in [1.29, 1.82) is 0 Å². The maximum absolute atomic E-state index is 10.1. The molecule has 109 valence electrons. The molecule has 0 amide bonds. The third-order valence-corrected chi connectivity index (χ3v) is 3.71. The quantitative estimate of drug-likeness (QED) is 0.488. The molecule has 2 nitrogen and oxygen atoms in total. The van der Waals surface area contributed by atoms with Gasteiger partial charge in [-0.15, -0.1) is 0 Å². The smallest absolute Gasteiger partial charge is 0.0569 e. The summed E-state index contributed by atoms with van der Waals surface area (Å²) in [5.41, 5.74) is 0. The van der Waals surface area contributed by atoms with Gasteiger partial charge in [0.2, 0.25) is 0 Å². The summed E-state index contributed by atoms with van der Waals surface area (Å²) >= 11 is 0. The van der Waals surface area contributed by atoms with Gasteiger partial charge in [-0.2, -0.15) is 0 Å². The number of hydrogen-bond donors (Lipinski definition) is 2. The Kier molecular flexibility index (Phi) is 13.3. The van der Waals surface area contributed by atoms with Gasteiger partial charge < -0.3 is 10.2 Å². The van der Waals surface area contributed by atoms with Crippen LogP contribution in [0.3, 0.4) is 0 Å². The molecule has 0 bridgehead atoms. The van der Waals surface area contributed by atoms with Crippen LogP contribution in [0.15, 0.2) is 0 Å². The van der Waals surface area contributed by atoms with Gasteiger partial charge in [0.15, 0.2) is 0 Å². The molecule has 0 aromatic heterocycles. The van der Waals surface area contributed by atoms with E-state index in [1.54, 1.807) is 0 Å². The lowest BCUT2D eigenvalue weighted by atomic mass is 9.89. The van der Waals surface area contributed by atoms with Crippen molar-refractivity contribution < 1.29 is 10.2 Å². The molecule has 0 aromatic carbocycles. The second kappa shape index (κ2) is 13.4. The third kappa shape index (κ3) is 9.90. The predicted octanol–water partition coefficient (Wildman–Crippen LogP) is 4.10. The van der Waals surface area contributed by atoms with E-state index in [9.17, 15) is 5.11 Å². The van der Waals surface area contributed by atoms with Crippen LogP contribution in [0.1, 0.15) is 77.6 Å². The molecule has 18 heavy (non-hydrogen) atoms. The first kappa shape index (κ1) is 17.9. The molecule has 0 aliphatic heterocycles. The first-order valence-electron chi connectivity index (χ1n) is 7.84. The molecule has 0 heterocycles. The maximum atomic E-state index is 10.1. The summed E-state index contributed by atoms with van der Waals surface area (Å²) in [6.07, 6.45) is 12.1. The zero-order valence-corrected chi connectivity index (χ0v) is 12.2. The SMILES string of the molecule is [CH2]CCC(CCCCCCCC)C(O)CCCO. The summed E-state index contributed by atoms with van der Waals surface area (Å²) in [4.78, 5) is 0. The molecule has 2 heteroatoms. The normalized spacial score (nSPS) is 14.7. The standard InChI is InChI=1S/C16H33O2/c1-3-5-6-7-8-9-12-15(11-4-2)16(18)13-10-14-17/h15-18H,2-14H2,1H3. The molecule has 0 aliphatic carbocycles. The zero-order chi connectivity index (χ0) is 13.6. The lowest BCUT2D eigenvalue weighted by Crippen LogP contribution is -2.20. The Labute approximate surface area is 114 Å². The average molecular weight is 257 g/mol. The van der Waals surface area contributed by atoms with Crippen LogP contribution in [-0.2, 0) is 0 Å². The van der Waals surface area contributed by atoms with Crippen LogP contribution >= 0.6 is 0 Å². The third-order valence-electron chi connectivity index (χ3n) is 3.71. The van der Waals surface area contributed by atoms with E-state index in [2.05, 4.69) is 13.8 Å². The van der Waals surface area contributed by atoms with E-state index >= 15 is 0 Å². The summed E-state index contributed by atoms with van der Waals surface area (Å²) < 4.78 is 0. The van der Waals surface area contributed by atoms with Crippen molar-refractivity contribution in [3.63, 3.8) is 0 Å². The summed E-state index contributed by atoms with van der Waals surface area (Å²) in [5, 5.41) is 18.9. The van der Waals surface area contributed by atoms with Crippen LogP contribution in [-0.4, -0.2) is 22.9 Å². The fraction of sp³-hybridized carbons (Fsp3) is 0.938. The highest BCUT2D eigenvalue weighted by Gasteiger charge is 2.17. The van der Waals surface area contributed by atoms with Crippen molar-refractivity contribution in [3.8, 4) is 0 Å². The molecule has 0 aliphatic rings. The summed E-state index contributed by atoms with van der Waals surface area (Å²) in [6.45, 7) is 6.32. The predicted molar refractivity (Wildman–Crippen MR) is 78.4 cm³/mol. The summed E-state index contributed by atoms with van der Waals surface area (Å²) in [5.74, 6) is 0.389. The monoisotopic (exact) mass is 257 g/mol. The molecule has 2 atom stereocenters. The average Bonchev–Trinajstić information content (AvgIpc) is 2.38. The lowest BCUT2D eigenvalue weighted by Gasteiger charge is -2.22.